The summed E-state index contributed by atoms with van der Waals surface area (Å²) in [5.74, 6) is -0.405. The van der Waals surface area contributed by atoms with Gasteiger partial charge in [-0.2, -0.15) is 0 Å². The number of likely N-dealkylation sites (N-methyl/N-ethyl adjacent to an activating group) is 1. The number of fused-ring (bicyclic) bond motifs is 1. The van der Waals surface area contributed by atoms with Gasteiger partial charge in [-0.3, -0.25) is 20.2 Å². The molecule has 0 saturated carbocycles. The maximum atomic E-state index is 12.8. The Hall–Kier alpha value is -3.30. The number of carbonyl (C=O) groups excluding carboxylic acids is 1. The van der Waals surface area contributed by atoms with Crippen LogP contribution in [0.1, 0.15) is 27.9 Å². The third kappa shape index (κ3) is 4.46. The van der Waals surface area contributed by atoms with Crippen molar-refractivity contribution in [2.45, 2.75) is 19.3 Å². The second-order valence-electron chi connectivity index (χ2n) is 8.58. The van der Waals surface area contributed by atoms with E-state index in [9.17, 15) is 14.9 Å². The summed E-state index contributed by atoms with van der Waals surface area (Å²) in [7, 11) is 2.04. The number of hydrogen-bond acceptors (Lipinski definition) is 7. The summed E-state index contributed by atoms with van der Waals surface area (Å²) in [5, 5.41) is 16.9. The molecule has 8 nitrogen and oxygen atoms in total. The van der Waals surface area contributed by atoms with Crippen LogP contribution in [0.3, 0.4) is 0 Å². The number of benzene rings is 2. The van der Waals surface area contributed by atoms with Gasteiger partial charge in [0, 0.05) is 48.8 Å². The molecule has 2 aromatic carbocycles. The number of amides is 1. The van der Waals surface area contributed by atoms with E-state index in [0.717, 1.165) is 37.2 Å². The number of nitrogens with zero attached hydrogens (tertiary/aromatic N) is 4. The van der Waals surface area contributed by atoms with E-state index in [1.165, 1.54) is 35.0 Å². The molecule has 9 heteroatoms. The minimum atomic E-state index is -0.417. The Morgan fingerprint density at radius 3 is 2.67 bits per heavy atom. The molecule has 1 saturated heterocycles. The second-order valence-corrected chi connectivity index (χ2v) is 9.44. The van der Waals surface area contributed by atoms with Gasteiger partial charge < -0.3 is 9.80 Å². The summed E-state index contributed by atoms with van der Waals surface area (Å²) in [6.45, 7) is 3.12. The van der Waals surface area contributed by atoms with Crippen LogP contribution in [0, 0.1) is 10.1 Å². The van der Waals surface area contributed by atoms with Crippen molar-refractivity contribution in [3.05, 3.63) is 68.6 Å². The first-order valence-corrected chi connectivity index (χ1v) is 12.0. The van der Waals surface area contributed by atoms with E-state index in [-0.39, 0.29) is 11.3 Å². The minimum Gasteiger partial charge on any atom is -0.363 e. The summed E-state index contributed by atoms with van der Waals surface area (Å²) in [6.07, 6.45) is 3.42. The van der Waals surface area contributed by atoms with Gasteiger partial charge in [0.25, 0.3) is 11.6 Å². The number of rotatable bonds is 5. The molecule has 5 rings (SSSR count). The highest BCUT2D eigenvalue weighted by Gasteiger charge is 2.24. The number of carbonyl (C=O) groups is 1. The lowest BCUT2D eigenvalue weighted by Gasteiger charge is -2.33. The highest BCUT2D eigenvalue weighted by Crippen LogP contribution is 2.32. The van der Waals surface area contributed by atoms with Crippen molar-refractivity contribution >= 4 is 33.8 Å². The van der Waals surface area contributed by atoms with Crippen LogP contribution in [0.4, 0.5) is 16.5 Å². The highest BCUT2D eigenvalue weighted by molar-refractivity contribution is 7.14. The number of hydrogen-bond donors (Lipinski definition) is 1. The zero-order valence-electron chi connectivity index (χ0n) is 18.4. The number of piperazine rings is 1. The maximum Gasteiger partial charge on any atom is 0.293 e. The van der Waals surface area contributed by atoms with Crippen molar-refractivity contribution in [2.75, 3.05) is 43.4 Å². The number of anilines is 2. The SMILES string of the molecule is CN1CCN(c2ccc(C(=O)Nc3nc(-c4ccc5c(c4)CCC5)cs3)cc2[N+](=O)[O-])CC1. The normalized spacial score (nSPS) is 16.0. The molecular weight excluding hydrogens is 438 g/mol. The van der Waals surface area contributed by atoms with Crippen LogP contribution in [-0.4, -0.2) is 53.9 Å². The lowest BCUT2D eigenvalue weighted by atomic mass is 10.1. The molecule has 33 heavy (non-hydrogen) atoms. The largest absolute Gasteiger partial charge is 0.363 e. The molecule has 0 spiro atoms. The van der Waals surface area contributed by atoms with E-state index in [4.69, 9.17) is 0 Å². The molecule has 3 aromatic rings. The molecule has 1 aliphatic carbocycles. The monoisotopic (exact) mass is 463 g/mol. The van der Waals surface area contributed by atoms with Crippen LogP contribution >= 0.6 is 11.3 Å². The van der Waals surface area contributed by atoms with Gasteiger partial charge in [-0.15, -0.1) is 11.3 Å². The lowest BCUT2D eigenvalue weighted by Crippen LogP contribution is -2.44. The molecule has 1 N–H and O–H groups in total. The van der Waals surface area contributed by atoms with Crippen LogP contribution in [-0.2, 0) is 12.8 Å². The van der Waals surface area contributed by atoms with Crippen LogP contribution in [0.2, 0.25) is 0 Å². The van der Waals surface area contributed by atoms with E-state index >= 15 is 0 Å². The first-order valence-electron chi connectivity index (χ1n) is 11.1. The Bertz CT molecular complexity index is 1220. The molecule has 0 radical (unpaired) electrons. The van der Waals surface area contributed by atoms with Gasteiger partial charge in [-0.25, -0.2) is 4.98 Å². The second kappa shape index (κ2) is 8.92. The van der Waals surface area contributed by atoms with Crippen molar-refractivity contribution in [3.63, 3.8) is 0 Å². The average Bonchev–Trinajstić information content (AvgIpc) is 3.48. The standard InChI is InChI=1S/C24H25N5O3S/c1-27-9-11-28(12-10-27)21-8-7-19(14-22(21)29(31)32)23(30)26-24-25-20(15-33-24)18-6-5-16-3-2-4-17(16)13-18/h5-8,13-15H,2-4,9-12H2,1H3,(H,25,26,30). The van der Waals surface area contributed by atoms with Gasteiger partial charge in [0.05, 0.1) is 10.6 Å². The van der Waals surface area contributed by atoms with Gasteiger partial charge in [0.15, 0.2) is 5.13 Å². The Labute approximate surface area is 196 Å². The molecule has 0 unspecified atom stereocenters. The summed E-state index contributed by atoms with van der Waals surface area (Å²) in [6, 6.07) is 11.1. The summed E-state index contributed by atoms with van der Waals surface area (Å²) in [5.41, 5.74) is 5.39. The smallest absolute Gasteiger partial charge is 0.293 e. The van der Waals surface area contributed by atoms with Crippen molar-refractivity contribution in [3.8, 4) is 11.3 Å². The Morgan fingerprint density at radius 1 is 1.09 bits per heavy atom. The molecule has 2 heterocycles. The number of thiazole rings is 1. The van der Waals surface area contributed by atoms with Crippen molar-refractivity contribution in [2.24, 2.45) is 0 Å². The topological polar surface area (TPSA) is 91.6 Å². The number of nitro groups is 1. The van der Waals surface area contributed by atoms with E-state index in [1.54, 1.807) is 12.1 Å². The molecule has 2 aliphatic rings. The summed E-state index contributed by atoms with van der Waals surface area (Å²) < 4.78 is 0. The third-order valence-corrected chi connectivity index (χ3v) is 7.15. The Balaban J connectivity index is 1.33. The van der Waals surface area contributed by atoms with Crippen LogP contribution in [0.15, 0.2) is 41.8 Å². The molecule has 0 atom stereocenters. The van der Waals surface area contributed by atoms with E-state index in [2.05, 4.69) is 33.4 Å². The Morgan fingerprint density at radius 2 is 1.88 bits per heavy atom. The highest BCUT2D eigenvalue weighted by atomic mass is 32.1. The predicted molar refractivity (Wildman–Crippen MR) is 130 cm³/mol. The molecule has 1 aromatic heterocycles. The third-order valence-electron chi connectivity index (χ3n) is 6.40. The molecule has 0 bridgehead atoms. The van der Waals surface area contributed by atoms with Crippen molar-refractivity contribution in [1.29, 1.82) is 0 Å². The van der Waals surface area contributed by atoms with Crippen LogP contribution in [0.5, 0.6) is 0 Å². The Kier molecular flexibility index (Phi) is 5.82. The van der Waals surface area contributed by atoms with Gasteiger partial charge in [0.2, 0.25) is 0 Å². The van der Waals surface area contributed by atoms with E-state index < -0.39 is 10.8 Å². The molecule has 1 amide bonds. The fourth-order valence-electron chi connectivity index (χ4n) is 4.49. The first-order chi connectivity index (χ1) is 16.0. The van der Waals surface area contributed by atoms with Gasteiger partial charge in [-0.05, 0) is 55.6 Å². The number of nitrogens with one attached hydrogen (secondary N) is 1. The molecule has 1 aliphatic heterocycles. The summed E-state index contributed by atoms with van der Waals surface area (Å²) >= 11 is 1.35. The van der Waals surface area contributed by atoms with Gasteiger partial charge in [-0.1, -0.05) is 12.1 Å². The quantitative estimate of drug-likeness (QED) is 0.450. The lowest BCUT2D eigenvalue weighted by molar-refractivity contribution is -0.384. The van der Waals surface area contributed by atoms with Crippen LogP contribution in [0.25, 0.3) is 11.3 Å². The average molecular weight is 464 g/mol. The maximum absolute atomic E-state index is 12.8. The minimum absolute atomic E-state index is 0.0508. The predicted octanol–water partition coefficient (Wildman–Crippen LogP) is 4.21. The number of aromatic nitrogens is 1. The number of aryl methyl sites for hydroxylation is 2. The zero-order valence-corrected chi connectivity index (χ0v) is 19.2. The van der Waals surface area contributed by atoms with E-state index in [1.807, 2.05) is 17.3 Å². The van der Waals surface area contributed by atoms with Gasteiger partial charge in [0.1, 0.15) is 5.69 Å². The number of nitro benzene ring substituents is 1. The summed E-state index contributed by atoms with van der Waals surface area (Å²) in [4.78, 5) is 32.9. The van der Waals surface area contributed by atoms with Crippen molar-refractivity contribution < 1.29 is 9.72 Å². The molecule has 170 valence electrons. The van der Waals surface area contributed by atoms with Crippen molar-refractivity contribution in [1.82, 2.24) is 9.88 Å². The fraction of sp³-hybridized carbons (Fsp3) is 0.333. The molecule has 1 fully saturated rings. The fourth-order valence-corrected chi connectivity index (χ4v) is 5.20. The molecular formula is C24H25N5O3S. The zero-order chi connectivity index (χ0) is 22.9. The van der Waals surface area contributed by atoms with Crippen LogP contribution < -0.4 is 10.2 Å². The first kappa shape index (κ1) is 21.5. The van der Waals surface area contributed by atoms with E-state index in [0.29, 0.717) is 23.9 Å². The van der Waals surface area contributed by atoms with Gasteiger partial charge >= 0.3 is 0 Å².